The molecule has 6 nitrogen and oxygen atoms in total. The Morgan fingerprint density at radius 2 is 1.91 bits per heavy atom. The quantitative estimate of drug-likeness (QED) is 0.650. The summed E-state index contributed by atoms with van der Waals surface area (Å²) < 4.78 is 33.1. The van der Waals surface area contributed by atoms with Crippen molar-refractivity contribution in [2.75, 3.05) is 32.7 Å². The summed E-state index contributed by atoms with van der Waals surface area (Å²) in [6.07, 6.45) is -0.236. The van der Waals surface area contributed by atoms with Gasteiger partial charge in [-0.3, -0.25) is 9.69 Å². The first kappa shape index (κ1) is 22.9. The van der Waals surface area contributed by atoms with E-state index in [1.54, 1.807) is 11.0 Å². The van der Waals surface area contributed by atoms with Gasteiger partial charge in [-0.25, -0.2) is 13.6 Å². The van der Waals surface area contributed by atoms with Crippen molar-refractivity contribution >= 4 is 11.9 Å². The van der Waals surface area contributed by atoms with E-state index >= 15 is 0 Å². The summed E-state index contributed by atoms with van der Waals surface area (Å²) in [5, 5.41) is 8.79. The van der Waals surface area contributed by atoms with Gasteiger partial charge in [-0.2, -0.15) is 5.26 Å². The Hall–Kier alpha value is -3.31. The van der Waals surface area contributed by atoms with Gasteiger partial charge >= 0.3 is 5.97 Å². The minimum absolute atomic E-state index is 0.0397. The number of halogens is 2. The van der Waals surface area contributed by atoms with Crippen molar-refractivity contribution < 1.29 is 23.1 Å². The Kier molecular flexibility index (Phi) is 6.43. The average Bonchev–Trinajstić information content (AvgIpc) is 3.18. The van der Waals surface area contributed by atoms with Crippen molar-refractivity contribution in [3.8, 4) is 6.07 Å². The van der Waals surface area contributed by atoms with Gasteiger partial charge in [0.2, 0.25) is 5.91 Å². The van der Waals surface area contributed by atoms with Crippen molar-refractivity contribution in [3.63, 3.8) is 0 Å². The molecule has 0 radical (unpaired) electrons. The van der Waals surface area contributed by atoms with E-state index < -0.39 is 11.6 Å². The van der Waals surface area contributed by atoms with Crippen LogP contribution in [0.2, 0.25) is 0 Å². The molecule has 2 heterocycles. The third-order valence-electron chi connectivity index (χ3n) is 6.59. The Morgan fingerprint density at radius 3 is 2.61 bits per heavy atom. The van der Waals surface area contributed by atoms with Crippen molar-refractivity contribution in [1.82, 2.24) is 9.80 Å². The van der Waals surface area contributed by atoms with E-state index in [9.17, 15) is 18.4 Å². The number of rotatable bonds is 5. The number of esters is 1. The van der Waals surface area contributed by atoms with E-state index in [4.69, 9.17) is 10.00 Å². The van der Waals surface area contributed by atoms with Crippen molar-refractivity contribution in [1.29, 1.82) is 5.26 Å². The Labute approximate surface area is 191 Å². The second-order valence-corrected chi connectivity index (χ2v) is 8.68. The van der Waals surface area contributed by atoms with E-state index in [2.05, 4.69) is 11.8 Å². The van der Waals surface area contributed by atoms with Gasteiger partial charge in [-0.1, -0.05) is 13.0 Å². The van der Waals surface area contributed by atoms with E-state index in [0.717, 1.165) is 29.8 Å². The number of nitriles is 1. The van der Waals surface area contributed by atoms with Crippen LogP contribution < -0.4 is 0 Å². The monoisotopic (exact) mass is 453 g/mol. The van der Waals surface area contributed by atoms with Crippen molar-refractivity contribution in [3.05, 3.63) is 69.3 Å². The molecular formula is C25H25F2N3O3. The highest BCUT2D eigenvalue weighted by atomic mass is 19.1. The van der Waals surface area contributed by atoms with Gasteiger partial charge in [0.1, 0.15) is 24.3 Å². The van der Waals surface area contributed by atoms with Gasteiger partial charge < -0.3 is 9.64 Å². The summed E-state index contributed by atoms with van der Waals surface area (Å²) in [5.74, 6) is -1.85. The molecule has 1 atom stereocenters. The molecule has 0 aromatic heterocycles. The molecule has 2 aromatic rings. The summed E-state index contributed by atoms with van der Waals surface area (Å²) in [4.78, 5) is 28.3. The lowest BCUT2D eigenvalue weighted by Gasteiger charge is -2.36. The maximum Gasteiger partial charge on any atom is 0.338 e. The highest BCUT2D eigenvalue weighted by molar-refractivity contribution is 5.94. The Morgan fingerprint density at radius 1 is 1.18 bits per heavy atom. The first-order valence-electron chi connectivity index (χ1n) is 11.0. The third kappa shape index (κ3) is 4.60. The molecule has 2 aliphatic heterocycles. The number of carbonyl (C=O) groups excluding carboxylic acids is 2. The average molecular weight is 453 g/mol. The van der Waals surface area contributed by atoms with Crippen LogP contribution in [0.4, 0.5) is 8.78 Å². The largest absolute Gasteiger partial charge is 0.457 e. The van der Waals surface area contributed by atoms with Crippen LogP contribution in [-0.2, 0) is 22.6 Å². The van der Waals surface area contributed by atoms with Crippen LogP contribution in [-0.4, -0.2) is 54.4 Å². The molecule has 2 aliphatic rings. The molecule has 0 bridgehead atoms. The minimum atomic E-state index is -0.821. The number of carbonyl (C=O) groups is 2. The van der Waals surface area contributed by atoms with Crippen LogP contribution in [0.3, 0.4) is 0 Å². The molecule has 1 saturated heterocycles. The standard InChI is InChI=1S/C25H25F2N3O3/c1-15(19-3-4-20-21(16(19)2)14-33-25(20)32)13-29-5-7-30(8-6-29)24(31)11-17-9-23(27)18(12-28)10-22(17)26/h3-4,9-10,15H,5-8,11,13-14H2,1-2H3. The first-order chi connectivity index (χ1) is 15.8. The molecule has 172 valence electrons. The van der Waals surface area contributed by atoms with E-state index in [1.807, 2.05) is 19.1 Å². The molecule has 1 unspecified atom stereocenters. The maximum atomic E-state index is 14.1. The van der Waals surface area contributed by atoms with Gasteiger partial charge in [-0.05, 0) is 42.2 Å². The molecule has 8 heteroatoms. The molecule has 0 aliphatic carbocycles. The highest BCUT2D eigenvalue weighted by Gasteiger charge is 2.27. The lowest BCUT2D eigenvalue weighted by atomic mass is 9.90. The molecule has 1 fully saturated rings. The Bertz CT molecular complexity index is 1150. The molecule has 0 saturated carbocycles. The maximum absolute atomic E-state index is 14.1. The fourth-order valence-electron chi connectivity index (χ4n) is 4.65. The zero-order valence-electron chi connectivity index (χ0n) is 18.7. The predicted molar refractivity (Wildman–Crippen MR) is 117 cm³/mol. The van der Waals surface area contributed by atoms with Gasteiger partial charge in [0.25, 0.3) is 0 Å². The summed E-state index contributed by atoms with van der Waals surface area (Å²) in [7, 11) is 0. The number of benzene rings is 2. The number of hydrogen-bond donors (Lipinski definition) is 0. The van der Waals surface area contributed by atoms with Crippen molar-refractivity contribution in [2.24, 2.45) is 0 Å². The zero-order chi connectivity index (χ0) is 23.7. The smallest absolute Gasteiger partial charge is 0.338 e. The van der Waals surface area contributed by atoms with Gasteiger partial charge in [0.15, 0.2) is 0 Å². The fraction of sp³-hybridized carbons (Fsp3) is 0.400. The van der Waals surface area contributed by atoms with E-state index in [0.29, 0.717) is 38.3 Å². The number of fused-ring (bicyclic) bond motifs is 1. The predicted octanol–water partition coefficient (Wildman–Crippen LogP) is 3.31. The summed E-state index contributed by atoms with van der Waals surface area (Å²) >= 11 is 0. The molecule has 0 N–H and O–H groups in total. The van der Waals surface area contributed by atoms with Crippen LogP contribution in [0.25, 0.3) is 0 Å². The van der Waals surface area contributed by atoms with Crippen molar-refractivity contribution in [2.45, 2.75) is 32.8 Å². The fourth-order valence-corrected chi connectivity index (χ4v) is 4.65. The number of cyclic esters (lactones) is 1. The molecule has 1 amide bonds. The second kappa shape index (κ2) is 9.28. The molecule has 0 spiro atoms. The number of amides is 1. The SMILES string of the molecule is Cc1c(C(C)CN2CCN(C(=O)Cc3cc(F)c(C#N)cc3F)CC2)ccc2c1COC2=O. The van der Waals surface area contributed by atoms with E-state index in [1.165, 1.54) is 5.56 Å². The summed E-state index contributed by atoms with van der Waals surface area (Å²) in [6.45, 7) is 7.70. The lowest BCUT2D eigenvalue weighted by molar-refractivity contribution is -0.132. The zero-order valence-corrected chi connectivity index (χ0v) is 18.7. The van der Waals surface area contributed by atoms with Crippen LogP contribution in [0.15, 0.2) is 24.3 Å². The van der Waals surface area contributed by atoms with Gasteiger partial charge in [0.05, 0.1) is 17.5 Å². The van der Waals surface area contributed by atoms with Crippen LogP contribution >= 0.6 is 0 Å². The van der Waals surface area contributed by atoms with Gasteiger partial charge in [-0.15, -0.1) is 0 Å². The third-order valence-corrected chi connectivity index (χ3v) is 6.59. The van der Waals surface area contributed by atoms with Crippen LogP contribution in [0, 0.1) is 29.9 Å². The molecule has 2 aromatic carbocycles. The van der Waals surface area contributed by atoms with Gasteiger partial charge in [0, 0.05) is 43.9 Å². The van der Waals surface area contributed by atoms with E-state index in [-0.39, 0.29) is 35.3 Å². The molecular weight excluding hydrogens is 428 g/mol. The summed E-state index contributed by atoms with van der Waals surface area (Å²) in [6, 6.07) is 7.19. The molecule has 4 rings (SSSR count). The lowest BCUT2D eigenvalue weighted by Crippen LogP contribution is -2.49. The minimum Gasteiger partial charge on any atom is -0.457 e. The number of hydrogen-bond acceptors (Lipinski definition) is 5. The number of piperazine rings is 1. The topological polar surface area (TPSA) is 73.6 Å². The van der Waals surface area contributed by atoms with Crippen LogP contribution in [0.1, 0.15) is 51.0 Å². The highest BCUT2D eigenvalue weighted by Crippen LogP contribution is 2.30. The number of ether oxygens (including phenoxy) is 1. The van der Waals surface area contributed by atoms with Crippen LogP contribution in [0.5, 0.6) is 0 Å². The normalized spacial score (nSPS) is 16.8. The second-order valence-electron chi connectivity index (χ2n) is 8.68. The number of nitrogens with zero attached hydrogens (tertiary/aromatic N) is 3. The molecule has 33 heavy (non-hydrogen) atoms. The summed E-state index contributed by atoms with van der Waals surface area (Å²) in [5.41, 5.74) is 3.48. The Balaban J connectivity index is 1.33. The first-order valence-corrected chi connectivity index (χ1v) is 11.0.